The maximum Gasteiger partial charge on any atom is 0.244 e. The lowest BCUT2D eigenvalue weighted by molar-refractivity contribution is 0.391. The van der Waals surface area contributed by atoms with Crippen molar-refractivity contribution >= 4 is 21.6 Å². The molecule has 0 fully saturated rings. The van der Waals surface area contributed by atoms with Crippen molar-refractivity contribution in [3.8, 4) is 11.5 Å². The molecule has 0 aliphatic rings. The Labute approximate surface area is 141 Å². The molecule has 23 heavy (non-hydrogen) atoms. The molecule has 5 nitrogen and oxygen atoms in total. The summed E-state index contributed by atoms with van der Waals surface area (Å²) >= 11 is 5.85. The molecule has 0 amide bonds. The molecule has 2 aromatic carbocycles. The third-order valence-electron chi connectivity index (χ3n) is 3.36. The van der Waals surface area contributed by atoms with Crippen molar-refractivity contribution in [3.05, 3.63) is 53.1 Å². The van der Waals surface area contributed by atoms with Gasteiger partial charge in [-0.05, 0) is 36.8 Å². The Morgan fingerprint density at radius 3 is 2.26 bits per heavy atom. The van der Waals surface area contributed by atoms with Gasteiger partial charge in [0.15, 0.2) is 0 Å². The average Bonchev–Trinajstić information content (AvgIpc) is 2.54. The molecule has 0 bridgehead atoms. The first-order valence-corrected chi connectivity index (χ1v) is 8.73. The van der Waals surface area contributed by atoms with Crippen LogP contribution in [-0.4, -0.2) is 22.6 Å². The second kappa shape index (κ2) is 7.21. The number of hydrogen-bond donors (Lipinski definition) is 1. The fraction of sp³-hybridized carbons (Fsp3) is 0.250. The monoisotopic (exact) mass is 355 g/mol. The molecular formula is C16H18ClNO4S. The molecule has 0 heterocycles. The number of ether oxygens (including phenoxy) is 2. The largest absolute Gasteiger partial charge is 0.497 e. The van der Waals surface area contributed by atoms with Crippen molar-refractivity contribution in [1.82, 2.24) is 4.72 Å². The molecule has 0 unspecified atom stereocenters. The van der Waals surface area contributed by atoms with E-state index in [1.807, 2.05) is 0 Å². The molecule has 0 saturated carbocycles. The predicted octanol–water partition coefficient (Wildman–Crippen LogP) is 3.40. The maximum atomic E-state index is 12.7. The van der Waals surface area contributed by atoms with Crippen LogP contribution in [0.3, 0.4) is 0 Å². The zero-order valence-electron chi connectivity index (χ0n) is 13.0. The van der Waals surface area contributed by atoms with E-state index in [1.165, 1.54) is 20.3 Å². The summed E-state index contributed by atoms with van der Waals surface area (Å²) in [5.74, 6) is 0.687. The van der Waals surface area contributed by atoms with Gasteiger partial charge in [0.25, 0.3) is 0 Å². The second-order valence-corrected chi connectivity index (χ2v) is 7.03. The third-order valence-corrected chi connectivity index (χ3v) is 5.18. The summed E-state index contributed by atoms with van der Waals surface area (Å²) < 4.78 is 38.2. The lowest BCUT2D eigenvalue weighted by atomic mass is 10.1. The Morgan fingerprint density at radius 2 is 1.70 bits per heavy atom. The van der Waals surface area contributed by atoms with E-state index in [9.17, 15) is 8.42 Å². The fourth-order valence-corrected chi connectivity index (χ4v) is 3.65. The quantitative estimate of drug-likeness (QED) is 0.862. The molecule has 1 N–H and O–H groups in total. The summed E-state index contributed by atoms with van der Waals surface area (Å²) in [5.41, 5.74) is 0.805. The predicted molar refractivity (Wildman–Crippen MR) is 89.7 cm³/mol. The minimum absolute atomic E-state index is 0.0279. The SMILES string of the molecule is COc1ccc(OC)c(S(=O)(=O)N[C@@H](C)c2ccc(Cl)cc2)c1. The number of hydrogen-bond acceptors (Lipinski definition) is 4. The standard InChI is InChI=1S/C16H18ClNO4S/c1-11(12-4-6-13(17)7-5-12)18-23(19,20)16-10-14(21-2)8-9-15(16)22-3/h4-11,18H,1-3H3/t11-/m0/s1. The Balaban J connectivity index is 2.33. The average molecular weight is 356 g/mol. The van der Waals surface area contributed by atoms with Crippen LogP contribution in [0.25, 0.3) is 0 Å². The van der Waals surface area contributed by atoms with Gasteiger partial charge < -0.3 is 9.47 Å². The van der Waals surface area contributed by atoms with Gasteiger partial charge in [-0.1, -0.05) is 23.7 Å². The van der Waals surface area contributed by atoms with Crippen LogP contribution in [0, 0.1) is 0 Å². The van der Waals surface area contributed by atoms with E-state index in [1.54, 1.807) is 43.3 Å². The molecular weight excluding hydrogens is 338 g/mol. The number of sulfonamides is 1. The second-order valence-electron chi connectivity index (χ2n) is 4.91. The van der Waals surface area contributed by atoms with E-state index in [4.69, 9.17) is 21.1 Å². The first kappa shape index (κ1) is 17.6. The highest BCUT2D eigenvalue weighted by Crippen LogP contribution is 2.29. The van der Waals surface area contributed by atoms with Crippen molar-refractivity contribution in [2.24, 2.45) is 0 Å². The van der Waals surface area contributed by atoms with Gasteiger partial charge in [-0.25, -0.2) is 13.1 Å². The molecule has 1 atom stereocenters. The molecule has 124 valence electrons. The molecule has 0 aromatic heterocycles. The molecule has 0 aliphatic heterocycles. The summed E-state index contributed by atoms with van der Waals surface area (Å²) in [6, 6.07) is 11.2. The van der Waals surface area contributed by atoms with Crippen LogP contribution in [0.2, 0.25) is 5.02 Å². The first-order chi connectivity index (χ1) is 10.9. The van der Waals surface area contributed by atoms with Gasteiger partial charge in [0, 0.05) is 17.1 Å². The van der Waals surface area contributed by atoms with Gasteiger partial charge in [0.1, 0.15) is 16.4 Å². The number of halogens is 1. The summed E-state index contributed by atoms with van der Waals surface area (Å²) in [5, 5.41) is 0.596. The summed E-state index contributed by atoms with van der Waals surface area (Å²) in [7, 11) is -0.887. The van der Waals surface area contributed by atoms with Crippen molar-refractivity contribution < 1.29 is 17.9 Å². The lowest BCUT2D eigenvalue weighted by Gasteiger charge is -2.17. The Bertz CT molecular complexity index is 775. The van der Waals surface area contributed by atoms with Crippen molar-refractivity contribution in [2.75, 3.05) is 14.2 Å². The van der Waals surface area contributed by atoms with E-state index in [0.29, 0.717) is 10.8 Å². The summed E-state index contributed by atoms with van der Waals surface area (Å²) in [4.78, 5) is 0.0279. The van der Waals surface area contributed by atoms with Gasteiger partial charge in [-0.2, -0.15) is 0 Å². The van der Waals surface area contributed by atoms with Crippen LogP contribution in [0.1, 0.15) is 18.5 Å². The van der Waals surface area contributed by atoms with Crippen LogP contribution in [0.5, 0.6) is 11.5 Å². The lowest BCUT2D eigenvalue weighted by Crippen LogP contribution is -2.27. The minimum atomic E-state index is -3.78. The maximum absolute atomic E-state index is 12.7. The topological polar surface area (TPSA) is 64.6 Å². The number of nitrogens with one attached hydrogen (secondary N) is 1. The fourth-order valence-electron chi connectivity index (χ4n) is 2.11. The van der Waals surface area contributed by atoms with Crippen LogP contribution in [-0.2, 0) is 10.0 Å². The van der Waals surface area contributed by atoms with Gasteiger partial charge in [0.2, 0.25) is 10.0 Å². The highest BCUT2D eigenvalue weighted by Gasteiger charge is 2.23. The molecule has 7 heteroatoms. The molecule has 0 aliphatic carbocycles. The van der Waals surface area contributed by atoms with Crippen LogP contribution in [0.15, 0.2) is 47.4 Å². The summed E-state index contributed by atoms with van der Waals surface area (Å²) in [6.07, 6.45) is 0. The van der Waals surface area contributed by atoms with E-state index < -0.39 is 16.1 Å². The highest BCUT2D eigenvalue weighted by atomic mass is 35.5. The van der Waals surface area contributed by atoms with Gasteiger partial charge in [-0.3, -0.25) is 0 Å². The number of benzene rings is 2. The van der Waals surface area contributed by atoms with Crippen molar-refractivity contribution in [3.63, 3.8) is 0 Å². The molecule has 0 spiro atoms. The highest BCUT2D eigenvalue weighted by molar-refractivity contribution is 7.89. The van der Waals surface area contributed by atoms with Gasteiger partial charge >= 0.3 is 0 Å². The zero-order chi connectivity index (χ0) is 17.0. The smallest absolute Gasteiger partial charge is 0.244 e. The van der Waals surface area contributed by atoms with Crippen LogP contribution in [0.4, 0.5) is 0 Å². The molecule has 0 saturated heterocycles. The number of rotatable bonds is 6. The summed E-state index contributed by atoms with van der Waals surface area (Å²) in [6.45, 7) is 1.76. The van der Waals surface area contributed by atoms with E-state index >= 15 is 0 Å². The van der Waals surface area contributed by atoms with Crippen LogP contribution >= 0.6 is 11.6 Å². The third kappa shape index (κ3) is 4.16. The van der Waals surface area contributed by atoms with Crippen LogP contribution < -0.4 is 14.2 Å². The molecule has 2 rings (SSSR count). The Kier molecular flexibility index (Phi) is 5.51. The molecule has 0 radical (unpaired) electrons. The normalized spacial score (nSPS) is 12.7. The number of methoxy groups -OCH3 is 2. The van der Waals surface area contributed by atoms with Crippen molar-refractivity contribution in [2.45, 2.75) is 17.9 Å². The van der Waals surface area contributed by atoms with Crippen molar-refractivity contribution in [1.29, 1.82) is 0 Å². The van der Waals surface area contributed by atoms with Gasteiger partial charge in [-0.15, -0.1) is 0 Å². The van der Waals surface area contributed by atoms with E-state index in [0.717, 1.165) is 5.56 Å². The Morgan fingerprint density at radius 1 is 1.04 bits per heavy atom. The first-order valence-electron chi connectivity index (χ1n) is 6.87. The minimum Gasteiger partial charge on any atom is -0.497 e. The van der Waals surface area contributed by atoms with E-state index in [-0.39, 0.29) is 10.6 Å². The Hall–Kier alpha value is -1.76. The zero-order valence-corrected chi connectivity index (χ0v) is 14.6. The van der Waals surface area contributed by atoms with Gasteiger partial charge in [0.05, 0.1) is 14.2 Å². The molecule has 2 aromatic rings. The van der Waals surface area contributed by atoms with E-state index in [2.05, 4.69) is 4.72 Å².